The predicted molar refractivity (Wildman–Crippen MR) is 129 cm³/mol. The highest BCUT2D eigenvalue weighted by Crippen LogP contribution is 2.36. The molecule has 1 amide bonds. The molecule has 4 rings (SSSR count). The van der Waals surface area contributed by atoms with Gasteiger partial charge < -0.3 is 9.80 Å². The number of hydrogen-bond acceptors (Lipinski definition) is 2. The maximum atomic E-state index is 13.2. The van der Waals surface area contributed by atoms with Gasteiger partial charge in [-0.3, -0.25) is 4.79 Å². The van der Waals surface area contributed by atoms with Crippen molar-refractivity contribution in [2.24, 2.45) is 0 Å². The molecule has 160 valence electrons. The summed E-state index contributed by atoms with van der Waals surface area (Å²) in [6.45, 7) is 6.08. The van der Waals surface area contributed by atoms with Gasteiger partial charge in [-0.15, -0.1) is 0 Å². The Bertz CT molecular complexity index is 1080. The summed E-state index contributed by atoms with van der Waals surface area (Å²) in [5.41, 5.74) is 5.48. The van der Waals surface area contributed by atoms with E-state index in [1.165, 1.54) is 0 Å². The number of carbonyl (C=O) groups excluding carboxylic acids is 1. The summed E-state index contributed by atoms with van der Waals surface area (Å²) in [4.78, 5) is 17.5. The molecule has 0 bridgehead atoms. The molecule has 31 heavy (non-hydrogen) atoms. The Morgan fingerprint density at radius 3 is 2.42 bits per heavy atom. The molecule has 1 aliphatic heterocycles. The van der Waals surface area contributed by atoms with E-state index in [0.29, 0.717) is 24.5 Å². The van der Waals surface area contributed by atoms with Gasteiger partial charge in [0.1, 0.15) is 0 Å². The van der Waals surface area contributed by atoms with E-state index in [0.717, 1.165) is 39.5 Å². The van der Waals surface area contributed by atoms with E-state index >= 15 is 0 Å². The molecule has 0 saturated carbocycles. The van der Waals surface area contributed by atoms with Gasteiger partial charge in [0, 0.05) is 24.7 Å². The molecular formula is C26H26Cl2N2O. The van der Waals surface area contributed by atoms with Crippen LogP contribution in [-0.2, 0) is 11.2 Å². The van der Waals surface area contributed by atoms with Crippen molar-refractivity contribution < 1.29 is 4.79 Å². The lowest BCUT2D eigenvalue weighted by Gasteiger charge is -2.43. The van der Waals surface area contributed by atoms with E-state index in [2.05, 4.69) is 30.0 Å². The number of amides is 1. The first-order chi connectivity index (χ1) is 14.9. The number of benzene rings is 3. The Kier molecular flexibility index (Phi) is 6.54. The summed E-state index contributed by atoms with van der Waals surface area (Å²) in [6, 6.07) is 22.1. The van der Waals surface area contributed by atoms with Crippen molar-refractivity contribution in [3.8, 4) is 0 Å². The fourth-order valence-electron chi connectivity index (χ4n) is 4.20. The molecule has 0 spiro atoms. The minimum Gasteiger partial charge on any atom is -0.360 e. The van der Waals surface area contributed by atoms with Crippen LogP contribution in [0, 0.1) is 13.8 Å². The maximum absolute atomic E-state index is 13.2. The maximum Gasteiger partial charge on any atom is 0.227 e. The summed E-state index contributed by atoms with van der Waals surface area (Å²) in [5, 5.41) is 1.44. The zero-order valence-corrected chi connectivity index (χ0v) is 19.3. The van der Waals surface area contributed by atoms with Crippen molar-refractivity contribution in [3.63, 3.8) is 0 Å². The summed E-state index contributed by atoms with van der Waals surface area (Å²) < 4.78 is 0. The van der Waals surface area contributed by atoms with Crippen molar-refractivity contribution in [2.75, 3.05) is 24.5 Å². The average Bonchev–Trinajstić information content (AvgIpc) is 2.76. The van der Waals surface area contributed by atoms with Gasteiger partial charge in [-0.1, -0.05) is 65.7 Å². The molecule has 1 aliphatic rings. The average molecular weight is 453 g/mol. The second-order valence-electron chi connectivity index (χ2n) is 8.16. The number of hydrogen-bond donors (Lipinski definition) is 0. The van der Waals surface area contributed by atoms with Crippen LogP contribution in [0.15, 0.2) is 66.7 Å². The van der Waals surface area contributed by atoms with Crippen molar-refractivity contribution in [1.82, 2.24) is 4.90 Å². The molecule has 1 heterocycles. The summed E-state index contributed by atoms with van der Waals surface area (Å²) >= 11 is 12.8. The molecule has 5 heteroatoms. The van der Waals surface area contributed by atoms with Gasteiger partial charge in [-0.25, -0.2) is 0 Å². The summed E-state index contributed by atoms with van der Waals surface area (Å²) in [5.74, 6) is 0.155. The van der Waals surface area contributed by atoms with E-state index in [9.17, 15) is 4.79 Å². The standard InChI is InChI=1S/C26H26Cl2N2O/c1-18-7-12-24(23(28)15-18)30-14-13-29(17-25(30)20-8-10-22(27)11-9-20)26(31)16-21-6-4-3-5-19(21)2/h3-12,15,25H,13-14,16-17H2,1-2H3. The first-order valence-corrected chi connectivity index (χ1v) is 11.3. The second-order valence-corrected chi connectivity index (χ2v) is 9.00. The van der Waals surface area contributed by atoms with Crippen molar-refractivity contribution in [2.45, 2.75) is 26.3 Å². The molecule has 3 aromatic rings. The van der Waals surface area contributed by atoms with Crippen LogP contribution in [0.25, 0.3) is 0 Å². The second kappa shape index (κ2) is 9.33. The molecule has 1 fully saturated rings. The van der Waals surface area contributed by atoms with Crippen LogP contribution >= 0.6 is 23.2 Å². The number of halogens is 2. The molecule has 3 aromatic carbocycles. The van der Waals surface area contributed by atoms with Crippen LogP contribution in [0.3, 0.4) is 0 Å². The number of aryl methyl sites for hydroxylation is 2. The monoisotopic (exact) mass is 452 g/mol. The van der Waals surface area contributed by atoms with Gasteiger partial charge in [0.25, 0.3) is 0 Å². The van der Waals surface area contributed by atoms with E-state index < -0.39 is 0 Å². The highest BCUT2D eigenvalue weighted by Gasteiger charge is 2.32. The Hall–Kier alpha value is -2.49. The van der Waals surface area contributed by atoms with E-state index in [-0.39, 0.29) is 11.9 Å². The third-order valence-corrected chi connectivity index (χ3v) is 6.56. The zero-order valence-electron chi connectivity index (χ0n) is 17.8. The Balaban J connectivity index is 1.61. The van der Waals surface area contributed by atoms with E-state index in [1.807, 2.05) is 60.4 Å². The summed E-state index contributed by atoms with van der Waals surface area (Å²) in [7, 11) is 0. The number of anilines is 1. The molecule has 0 aromatic heterocycles. The number of rotatable bonds is 4. The molecule has 0 aliphatic carbocycles. The fraction of sp³-hybridized carbons (Fsp3) is 0.269. The van der Waals surface area contributed by atoms with Crippen molar-refractivity contribution in [3.05, 3.63) is 99.0 Å². The largest absolute Gasteiger partial charge is 0.360 e. The van der Waals surface area contributed by atoms with Gasteiger partial charge in [0.05, 0.1) is 23.2 Å². The fourth-order valence-corrected chi connectivity index (χ4v) is 4.67. The molecule has 1 atom stereocenters. The van der Waals surface area contributed by atoms with Crippen LogP contribution in [0.1, 0.15) is 28.3 Å². The first kappa shape index (κ1) is 21.7. The number of piperazine rings is 1. The first-order valence-electron chi connectivity index (χ1n) is 10.5. The highest BCUT2D eigenvalue weighted by molar-refractivity contribution is 6.33. The van der Waals surface area contributed by atoms with Crippen LogP contribution in [-0.4, -0.2) is 30.4 Å². The Morgan fingerprint density at radius 1 is 0.968 bits per heavy atom. The third kappa shape index (κ3) is 4.89. The SMILES string of the molecule is Cc1ccc(N2CCN(C(=O)Cc3ccccc3C)CC2c2ccc(Cl)cc2)c(Cl)c1. The quantitative estimate of drug-likeness (QED) is 0.467. The molecular weight excluding hydrogens is 427 g/mol. The van der Waals surface area contributed by atoms with Crippen LogP contribution in [0.4, 0.5) is 5.69 Å². The smallest absolute Gasteiger partial charge is 0.227 e. The predicted octanol–water partition coefficient (Wildman–Crippen LogP) is 6.24. The van der Waals surface area contributed by atoms with Gasteiger partial charge in [0.2, 0.25) is 5.91 Å². The third-order valence-electron chi connectivity index (χ3n) is 6.00. The number of carbonyl (C=O) groups is 1. The van der Waals surface area contributed by atoms with E-state index in [4.69, 9.17) is 23.2 Å². The van der Waals surface area contributed by atoms with E-state index in [1.54, 1.807) is 0 Å². The molecule has 0 N–H and O–H groups in total. The lowest BCUT2D eigenvalue weighted by atomic mass is 9.99. The van der Waals surface area contributed by atoms with Gasteiger partial charge >= 0.3 is 0 Å². The van der Waals surface area contributed by atoms with Crippen LogP contribution in [0.5, 0.6) is 0 Å². The lowest BCUT2D eigenvalue weighted by molar-refractivity contribution is -0.131. The normalized spacial score (nSPS) is 16.5. The molecule has 1 unspecified atom stereocenters. The van der Waals surface area contributed by atoms with Crippen molar-refractivity contribution >= 4 is 34.8 Å². The molecule has 3 nitrogen and oxygen atoms in total. The molecule has 1 saturated heterocycles. The summed E-state index contributed by atoms with van der Waals surface area (Å²) in [6.07, 6.45) is 0.422. The van der Waals surface area contributed by atoms with Crippen LogP contribution < -0.4 is 4.90 Å². The van der Waals surface area contributed by atoms with Gasteiger partial charge in [0.15, 0.2) is 0 Å². The van der Waals surface area contributed by atoms with Crippen molar-refractivity contribution in [1.29, 1.82) is 0 Å². The lowest BCUT2D eigenvalue weighted by Crippen LogP contribution is -2.51. The highest BCUT2D eigenvalue weighted by atomic mass is 35.5. The topological polar surface area (TPSA) is 23.6 Å². The Labute approximate surface area is 194 Å². The zero-order chi connectivity index (χ0) is 22.0. The number of nitrogens with zero attached hydrogens (tertiary/aromatic N) is 2. The molecule has 0 radical (unpaired) electrons. The minimum atomic E-state index is 0.00652. The van der Waals surface area contributed by atoms with Crippen LogP contribution in [0.2, 0.25) is 10.0 Å². The Morgan fingerprint density at radius 2 is 1.71 bits per heavy atom. The van der Waals surface area contributed by atoms with Gasteiger partial charge in [-0.05, 0) is 60.4 Å². The minimum absolute atomic E-state index is 0.00652. The van der Waals surface area contributed by atoms with Gasteiger partial charge in [-0.2, -0.15) is 0 Å².